The molecular weight excluding hydrogens is 758 g/mol. The normalized spacial score (nSPS) is 19.9. The fourth-order valence-corrected chi connectivity index (χ4v) is 6.83. The predicted molar refractivity (Wildman–Crippen MR) is 215 cm³/mol. The number of anilines is 2. The number of aliphatic hydroxyl groups excluding tert-OH is 2. The lowest BCUT2D eigenvalue weighted by atomic mass is 9.78. The molecule has 2 aliphatic rings. The maximum atomic E-state index is 12.7. The van der Waals surface area contributed by atoms with Gasteiger partial charge in [-0.2, -0.15) is 10.2 Å². The van der Waals surface area contributed by atoms with Crippen LogP contribution < -0.4 is 10.6 Å². The van der Waals surface area contributed by atoms with Crippen molar-refractivity contribution in [2.24, 2.45) is 21.0 Å². The Balaban J connectivity index is 0.000000204. The number of halogens is 4. The largest absolute Gasteiger partial charge is 0.396 e. The molecule has 2 aliphatic heterocycles. The van der Waals surface area contributed by atoms with E-state index in [1.54, 1.807) is 79.7 Å². The monoisotopic (exact) mass is 796 g/mol. The highest BCUT2D eigenvalue weighted by molar-refractivity contribution is 6.31. The van der Waals surface area contributed by atoms with Crippen LogP contribution in [0.1, 0.15) is 44.7 Å². The third-order valence-electron chi connectivity index (χ3n) is 8.89. The van der Waals surface area contributed by atoms with Gasteiger partial charge >= 0.3 is 12.1 Å². The number of carbonyl (C=O) groups excluding carboxylic acids is 2. The molecule has 3 unspecified atom stereocenters. The molecule has 4 N–H and O–H groups in total. The Bertz CT molecular complexity index is 1960. The molecule has 3 atom stereocenters. The van der Waals surface area contributed by atoms with E-state index in [0.29, 0.717) is 57.4 Å². The lowest BCUT2D eigenvalue weighted by Gasteiger charge is -2.27. The molecule has 0 aromatic heterocycles. The summed E-state index contributed by atoms with van der Waals surface area (Å²) in [6.07, 6.45) is 0.463. The van der Waals surface area contributed by atoms with E-state index in [2.05, 4.69) is 20.8 Å². The first kappa shape index (κ1) is 40.0. The molecule has 14 heteroatoms. The van der Waals surface area contributed by atoms with Gasteiger partial charge in [0.25, 0.3) is 0 Å². The van der Waals surface area contributed by atoms with Crippen molar-refractivity contribution in [3.63, 3.8) is 0 Å². The zero-order valence-corrected chi connectivity index (χ0v) is 32.4. The van der Waals surface area contributed by atoms with Crippen LogP contribution in [0, 0.1) is 10.8 Å². The molecule has 0 radical (unpaired) electrons. The minimum absolute atomic E-state index is 0.00968. The minimum Gasteiger partial charge on any atom is -0.396 e. The van der Waals surface area contributed by atoms with Gasteiger partial charge in [-0.1, -0.05) is 84.5 Å². The van der Waals surface area contributed by atoms with Crippen LogP contribution in [0.2, 0.25) is 20.1 Å². The second kappa shape index (κ2) is 17.3. The topological polar surface area (TPSA) is 130 Å². The molecule has 4 aromatic carbocycles. The van der Waals surface area contributed by atoms with Crippen molar-refractivity contribution >= 4 is 81.3 Å². The number of carbonyl (C=O) groups is 2. The summed E-state index contributed by atoms with van der Waals surface area (Å²) in [5.41, 5.74) is 3.63. The maximum absolute atomic E-state index is 12.7. The Kier molecular flexibility index (Phi) is 13.1. The molecule has 0 bridgehead atoms. The fraction of sp³-hybridized carbons (Fsp3) is 0.282. The van der Waals surface area contributed by atoms with Crippen LogP contribution in [-0.4, -0.2) is 69.5 Å². The van der Waals surface area contributed by atoms with Gasteiger partial charge in [-0.25, -0.2) is 19.6 Å². The number of aliphatic hydroxyl groups is 2. The van der Waals surface area contributed by atoms with Crippen molar-refractivity contribution in [2.75, 3.05) is 30.3 Å². The molecule has 4 amide bonds. The Morgan fingerprint density at radius 1 is 0.660 bits per heavy atom. The number of hydrogen-bond donors (Lipinski definition) is 4. The predicted octanol–water partition coefficient (Wildman–Crippen LogP) is 9.66. The van der Waals surface area contributed by atoms with Gasteiger partial charge in [0.1, 0.15) is 0 Å². The summed E-state index contributed by atoms with van der Waals surface area (Å²) in [4.78, 5) is 25.3. The number of rotatable bonds is 8. The molecule has 0 saturated heterocycles. The Labute approximate surface area is 329 Å². The summed E-state index contributed by atoms with van der Waals surface area (Å²) >= 11 is 23.7. The number of nitrogens with zero attached hydrogens (tertiary/aromatic N) is 4. The highest BCUT2D eigenvalue weighted by Gasteiger charge is 2.43. The first-order valence-corrected chi connectivity index (χ1v) is 18.4. The van der Waals surface area contributed by atoms with E-state index in [9.17, 15) is 19.8 Å². The fourth-order valence-electron chi connectivity index (χ4n) is 6.33. The number of hydrazone groups is 2. The van der Waals surface area contributed by atoms with Crippen LogP contribution in [-0.2, 0) is 0 Å². The average molecular weight is 799 g/mol. The van der Waals surface area contributed by atoms with Crippen molar-refractivity contribution in [1.82, 2.24) is 10.0 Å². The Morgan fingerprint density at radius 3 is 1.36 bits per heavy atom. The van der Waals surface area contributed by atoms with Gasteiger partial charge < -0.3 is 20.8 Å². The SMILES string of the molecule is CC(O)CC1(C)CN(C(=O)Nc2ccc(Cl)cc2)N=C1c1ccc(Cl)cc1.CC1(CCO)CN(C(=O)Nc2ccc(Cl)cc2)N=C1c1ccc(Cl)cc1. The zero-order valence-electron chi connectivity index (χ0n) is 29.4. The summed E-state index contributed by atoms with van der Waals surface area (Å²) in [5.74, 6) is 0. The molecule has 0 fully saturated rings. The molecule has 0 spiro atoms. The minimum atomic E-state index is -0.522. The molecule has 10 nitrogen and oxygen atoms in total. The summed E-state index contributed by atoms with van der Waals surface area (Å²) in [5, 5.41) is 39.4. The first-order chi connectivity index (χ1) is 25.2. The van der Waals surface area contributed by atoms with E-state index >= 15 is 0 Å². The van der Waals surface area contributed by atoms with Gasteiger partial charge in [-0.05, 0) is 104 Å². The van der Waals surface area contributed by atoms with E-state index in [1.807, 2.05) is 38.1 Å². The highest BCUT2D eigenvalue weighted by atomic mass is 35.5. The summed E-state index contributed by atoms with van der Waals surface area (Å²) in [6.45, 7) is 6.49. The van der Waals surface area contributed by atoms with Gasteiger partial charge in [0, 0.05) is 48.9 Å². The van der Waals surface area contributed by atoms with Gasteiger partial charge in [0.05, 0.1) is 30.6 Å². The summed E-state index contributed by atoms with van der Waals surface area (Å²) < 4.78 is 0. The maximum Gasteiger partial charge on any atom is 0.342 e. The van der Waals surface area contributed by atoms with E-state index in [4.69, 9.17) is 46.4 Å². The lowest BCUT2D eigenvalue weighted by Crippen LogP contribution is -2.37. The second-order valence-corrected chi connectivity index (χ2v) is 15.3. The summed E-state index contributed by atoms with van der Waals surface area (Å²) in [7, 11) is 0. The van der Waals surface area contributed by atoms with Gasteiger partial charge in [-0.3, -0.25) is 0 Å². The van der Waals surface area contributed by atoms with Crippen LogP contribution in [0.25, 0.3) is 0 Å². The molecule has 2 heterocycles. The Morgan fingerprint density at radius 2 is 1.00 bits per heavy atom. The lowest BCUT2D eigenvalue weighted by molar-refractivity contribution is 0.139. The third kappa shape index (κ3) is 10.3. The van der Waals surface area contributed by atoms with Gasteiger partial charge in [-0.15, -0.1) is 0 Å². The molecule has 53 heavy (non-hydrogen) atoms. The van der Waals surface area contributed by atoms with Crippen LogP contribution in [0.5, 0.6) is 0 Å². The number of hydrogen-bond acceptors (Lipinski definition) is 6. The average Bonchev–Trinajstić information content (AvgIpc) is 3.64. The van der Waals surface area contributed by atoms with Crippen LogP contribution in [0.15, 0.2) is 107 Å². The number of amides is 4. The van der Waals surface area contributed by atoms with E-state index in [1.165, 1.54) is 10.0 Å². The molecular formula is C39H40Cl4N6O4. The van der Waals surface area contributed by atoms with Crippen molar-refractivity contribution in [2.45, 2.75) is 39.7 Å². The third-order valence-corrected chi connectivity index (χ3v) is 9.89. The van der Waals surface area contributed by atoms with Crippen molar-refractivity contribution in [3.05, 3.63) is 128 Å². The molecule has 278 valence electrons. The van der Waals surface area contributed by atoms with Gasteiger partial charge in [0.2, 0.25) is 0 Å². The highest BCUT2D eigenvalue weighted by Crippen LogP contribution is 2.37. The molecule has 0 aliphatic carbocycles. The van der Waals surface area contributed by atoms with E-state index in [-0.39, 0.29) is 18.7 Å². The quantitative estimate of drug-likeness (QED) is 0.142. The van der Waals surface area contributed by atoms with Crippen molar-refractivity contribution < 1.29 is 19.8 Å². The Hall–Kier alpha value is -4.16. The molecule has 0 saturated carbocycles. The second-order valence-electron chi connectivity index (χ2n) is 13.5. The number of nitrogens with one attached hydrogen (secondary N) is 2. The van der Waals surface area contributed by atoms with E-state index in [0.717, 1.165) is 22.6 Å². The first-order valence-electron chi connectivity index (χ1n) is 16.9. The number of benzene rings is 4. The van der Waals surface area contributed by atoms with Crippen molar-refractivity contribution in [3.8, 4) is 0 Å². The standard InChI is InChI=1S/C20H21Cl2N3O2.C19H19Cl2N3O2/c1-13(26)11-20(2)12-25(19(27)23-17-9-7-16(22)8-10-17)24-18(20)14-3-5-15(21)6-4-14;1-19(10-11-25)12-24(18(26)22-16-8-6-15(21)7-9-16)23-17(19)13-2-4-14(20)5-3-13/h3-10,13,26H,11-12H2,1-2H3,(H,23,27);2-9,25H,10-12H2,1H3,(H,22,26). The number of urea groups is 2. The van der Waals surface area contributed by atoms with E-state index < -0.39 is 16.9 Å². The van der Waals surface area contributed by atoms with Crippen LogP contribution >= 0.6 is 46.4 Å². The van der Waals surface area contributed by atoms with Crippen molar-refractivity contribution in [1.29, 1.82) is 0 Å². The zero-order chi connectivity index (χ0) is 38.3. The van der Waals surface area contributed by atoms with Crippen LogP contribution in [0.4, 0.5) is 21.0 Å². The summed E-state index contributed by atoms with van der Waals surface area (Å²) in [6, 6.07) is 27.7. The smallest absolute Gasteiger partial charge is 0.342 e. The molecule has 6 rings (SSSR count). The van der Waals surface area contributed by atoms with Gasteiger partial charge in [0.15, 0.2) is 0 Å². The van der Waals surface area contributed by atoms with Crippen LogP contribution in [0.3, 0.4) is 0 Å². The molecule has 4 aromatic rings.